The molecular formula is C16H10BrN3O. The number of nitriles is 1. The standard InChI is InChI=1S/C16H10BrN3O/c1-10-5-6-12(8-14(10)17)15-19-16(21-20-15)13-4-2-3-11(7-13)9-18/h2-8H,1H3. The molecule has 21 heavy (non-hydrogen) atoms. The van der Waals surface area contributed by atoms with Gasteiger partial charge in [0.25, 0.3) is 5.89 Å². The first kappa shape index (κ1) is 13.5. The van der Waals surface area contributed by atoms with Gasteiger partial charge in [0.2, 0.25) is 5.82 Å². The van der Waals surface area contributed by atoms with Gasteiger partial charge in [-0.25, -0.2) is 0 Å². The third-order valence-corrected chi connectivity index (χ3v) is 3.95. The van der Waals surface area contributed by atoms with Gasteiger partial charge in [0.15, 0.2) is 0 Å². The Hall–Kier alpha value is -2.45. The van der Waals surface area contributed by atoms with Crippen LogP contribution in [0.1, 0.15) is 11.1 Å². The summed E-state index contributed by atoms with van der Waals surface area (Å²) in [5.74, 6) is 0.923. The van der Waals surface area contributed by atoms with Crippen LogP contribution in [0.15, 0.2) is 51.5 Å². The van der Waals surface area contributed by atoms with Crippen LogP contribution in [0.25, 0.3) is 22.8 Å². The summed E-state index contributed by atoms with van der Waals surface area (Å²) in [4.78, 5) is 4.39. The van der Waals surface area contributed by atoms with E-state index in [2.05, 4.69) is 32.1 Å². The van der Waals surface area contributed by atoms with Gasteiger partial charge >= 0.3 is 0 Å². The van der Waals surface area contributed by atoms with Crippen LogP contribution in [0.5, 0.6) is 0 Å². The fraction of sp³-hybridized carbons (Fsp3) is 0.0625. The topological polar surface area (TPSA) is 62.7 Å². The van der Waals surface area contributed by atoms with E-state index in [0.29, 0.717) is 17.3 Å². The highest BCUT2D eigenvalue weighted by Crippen LogP contribution is 2.26. The lowest BCUT2D eigenvalue weighted by Crippen LogP contribution is -1.84. The molecule has 0 spiro atoms. The lowest BCUT2D eigenvalue weighted by molar-refractivity contribution is 0.432. The predicted octanol–water partition coefficient (Wildman–Crippen LogP) is 4.35. The van der Waals surface area contributed by atoms with Gasteiger partial charge in [0.05, 0.1) is 11.6 Å². The molecule has 0 atom stereocenters. The molecule has 0 saturated heterocycles. The van der Waals surface area contributed by atoms with Crippen molar-refractivity contribution in [2.75, 3.05) is 0 Å². The zero-order valence-corrected chi connectivity index (χ0v) is 12.8. The molecule has 0 saturated carbocycles. The van der Waals surface area contributed by atoms with E-state index < -0.39 is 0 Å². The van der Waals surface area contributed by atoms with Gasteiger partial charge in [0, 0.05) is 15.6 Å². The quantitative estimate of drug-likeness (QED) is 0.696. The molecule has 2 aromatic carbocycles. The average Bonchev–Trinajstić information content (AvgIpc) is 3.00. The Morgan fingerprint density at radius 2 is 2.00 bits per heavy atom. The van der Waals surface area contributed by atoms with Crippen LogP contribution in [-0.2, 0) is 0 Å². The van der Waals surface area contributed by atoms with Crippen LogP contribution in [0.3, 0.4) is 0 Å². The molecule has 0 fully saturated rings. The van der Waals surface area contributed by atoms with E-state index in [9.17, 15) is 0 Å². The molecule has 0 aliphatic carbocycles. The third kappa shape index (κ3) is 2.71. The Morgan fingerprint density at radius 1 is 1.14 bits per heavy atom. The van der Waals surface area contributed by atoms with E-state index >= 15 is 0 Å². The number of rotatable bonds is 2. The first-order valence-corrected chi connectivity index (χ1v) is 7.07. The van der Waals surface area contributed by atoms with E-state index in [1.165, 1.54) is 0 Å². The maximum absolute atomic E-state index is 8.93. The van der Waals surface area contributed by atoms with Crippen molar-refractivity contribution in [1.82, 2.24) is 10.1 Å². The second kappa shape index (κ2) is 5.51. The number of nitrogens with zero attached hydrogens (tertiary/aromatic N) is 3. The average molecular weight is 340 g/mol. The highest BCUT2D eigenvalue weighted by Gasteiger charge is 2.11. The van der Waals surface area contributed by atoms with Crippen LogP contribution in [0.4, 0.5) is 0 Å². The smallest absolute Gasteiger partial charge is 0.258 e. The third-order valence-electron chi connectivity index (χ3n) is 3.09. The molecule has 0 amide bonds. The predicted molar refractivity (Wildman–Crippen MR) is 82.3 cm³/mol. The van der Waals surface area contributed by atoms with Crippen molar-refractivity contribution in [3.8, 4) is 28.9 Å². The van der Waals surface area contributed by atoms with E-state index in [-0.39, 0.29) is 0 Å². The number of benzene rings is 2. The van der Waals surface area contributed by atoms with Gasteiger partial charge in [-0.3, -0.25) is 0 Å². The van der Waals surface area contributed by atoms with Gasteiger partial charge < -0.3 is 4.52 Å². The highest BCUT2D eigenvalue weighted by atomic mass is 79.9. The number of hydrogen-bond donors (Lipinski definition) is 0. The van der Waals surface area contributed by atoms with Gasteiger partial charge in [-0.1, -0.05) is 39.3 Å². The van der Waals surface area contributed by atoms with Crippen molar-refractivity contribution in [3.63, 3.8) is 0 Å². The summed E-state index contributed by atoms with van der Waals surface area (Å²) in [5.41, 5.74) is 3.31. The first-order chi connectivity index (χ1) is 10.2. The normalized spacial score (nSPS) is 10.3. The number of halogens is 1. The van der Waals surface area contributed by atoms with Gasteiger partial charge in [-0.05, 0) is 36.8 Å². The summed E-state index contributed by atoms with van der Waals surface area (Å²) in [6.07, 6.45) is 0. The Morgan fingerprint density at radius 3 is 2.76 bits per heavy atom. The maximum atomic E-state index is 8.93. The fourth-order valence-electron chi connectivity index (χ4n) is 1.91. The van der Waals surface area contributed by atoms with Crippen LogP contribution >= 0.6 is 15.9 Å². The van der Waals surface area contributed by atoms with Crippen molar-refractivity contribution in [1.29, 1.82) is 5.26 Å². The van der Waals surface area contributed by atoms with Crippen molar-refractivity contribution in [2.45, 2.75) is 6.92 Å². The first-order valence-electron chi connectivity index (χ1n) is 6.28. The molecule has 102 valence electrons. The number of hydrogen-bond acceptors (Lipinski definition) is 4. The molecular weight excluding hydrogens is 330 g/mol. The Bertz CT molecular complexity index is 849. The van der Waals surface area contributed by atoms with Crippen molar-refractivity contribution >= 4 is 15.9 Å². The summed E-state index contributed by atoms with van der Waals surface area (Å²) in [6.45, 7) is 2.02. The van der Waals surface area contributed by atoms with Crippen molar-refractivity contribution in [2.24, 2.45) is 0 Å². The molecule has 1 heterocycles. The summed E-state index contributed by atoms with van der Waals surface area (Å²) in [5, 5.41) is 12.9. The molecule has 0 radical (unpaired) electrons. The Balaban J connectivity index is 1.99. The molecule has 1 aromatic heterocycles. The van der Waals surface area contributed by atoms with E-state index in [0.717, 1.165) is 21.2 Å². The number of aryl methyl sites for hydroxylation is 1. The Labute approximate surface area is 130 Å². The van der Waals surface area contributed by atoms with Crippen LogP contribution < -0.4 is 0 Å². The Kier molecular flexibility index (Phi) is 3.55. The maximum Gasteiger partial charge on any atom is 0.258 e. The minimum Gasteiger partial charge on any atom is -0.334 e. The summed E-state index contributed by atoms with van der Waals surface area (Å²) in [7, 11) is 0. The lowest BCUT2D eigenvalue weighted by Gasteiger charge is -1.99. The zero-order valence-electron chi connectivity index (χ0n) is 11.2. The lowest BCUT2D eigenvalue weighted by atomic mass is 10.1. The monoisotopic (exact) mass is 339 g/mol. The minimum atomic E-state index is 0.402. The number of aromatic nitrogens is 2. The summed E-state index contributed by atoms with van der Waals surface area (Å²) in [6, 6.07) is 15.1. The summed E-state index contributed by atoms with van der Waals surface area (Å²) < 4.78 is 6.29. The largest absolute Gasteiger partial charge is 0.334 e. The van der Waals surface area contributed by atoms with Gasteiger partial charge in [0.1, 0.15) is 0 Å². The van der Waals surface area contributed by atoms with Crippen molar-refractivity contribution < 1.29 is 4.52 Å². The van der Waals surface area contributed by atoms with E-state index in [1.807, 2.05) is 31.2 Å². The highest BCUT2D eigenvalue weighted by molar-refractivity contribution is 9.10. The molecule has 3 rings (SSSR count). The molecule has 0 aliphatic heterocycles. The minimum absolute atomic E-state index is 0.402. The summed E-state index contributed by atoms with van der Waals surface area (Å²) >= 11 is 3.49. The molecule has 0 aliphatic rings. The second-order valence-electron chi connectivity index (χ2n) is 4.58. The van der Waals surface area contributed by atoms with Gasteiger partial charge in [-0.15, -0.1) is 0 Å². The van der Waals surface area contributed by atoms with Crippen LogP contribution in [0.2, 0.25) is 0 Å². The van der Waals surface area contributed by atoms with Crippen LogP contribution in [0, 0.1) is 18.3 Å². The zero-order chi connectivity index (χ0) is 14.8. The molecule has 0 bridgehead atoms. The van der Waals surface area contributed by atoms with E-state index in [1.54, 1.807) is 18.2 Å². The van der Waals surface area contributed by atoms with E-state index in [4.69, 9.17) is 9.78 Å². The fourth-order valence-corrected chi connectivity index (χ4v) is 2.29. The SMILES string of the molecule is Cc1ccc(-c2noc(-c3cccc(C#N)c3)n2)cc1Br. The van der Waals surface area contributed by atoms with Crippen molar-refractivity contribution in [3.05, 3.63) is 58.1 Å². The molecule has 4 nitrogen and oxygen atoms in total. The second-order valence-corrected chi connectivity index (χ2v) is 5.43. The molecule has 0 unspecified atom stereocenters. The molecule has 5 heteroatoms. The molecule has 0 N–H and O–H groups in total. The molecule has 3 aromatic rings. The van der Waals surface area contributed by atoms with Crippen LogP contribution in [-0.4, -0.2) is 10.1 Å². The van der Waals surface area contributed by atoms with Gasteiger partial charge in [-0.2, -0.15) is 10.2 Å².